The highest BCUT2D eigenvalue weighted by Crippen LogP contribution is 2.25. The predicted molar refractivity (Wildman–Crippen MR) is 79.8 cm³/mol. The third kappa shape index (κ3) is 3.63. The van der Waals surface area contributed by atoms with Crippen molar-refractivity contribution in [3.8, 4) is 5.75 Å². The Morgan fingerprint density at radius 2 is 2.05 bits per heavy atom. The Bertz CT molecular complexity index is 480. The van der Waals surface area contributed by atoms with Gasteiger partial charge in [0.05, 0.1) is 5.69 Å². The first-order chi connectivity index (χ1) is 9.45. The van der Waals surface area contributed by atoms with Crippen molar-refractivity contribution >= 4 is 11.7 Å². The van der Waals surface area contributed by atoms with Crippen LogP contribution in [0.4, 0.5) is 10.5 Å². The van der Waals surface area contributed by atoms with Gasteiger partial charge in [0.1, 0.15) is 5.75 Å². The molecular weight excluding hydrogens is 254 g/mol. The number of nitrogens with two attached hydrogens (primary N) is 1. The van der Waals surface area contributed by atoms with Gasteiger partial charge in [0.15, 0.2) is 0 Å². The predicted octanol–water partition coefficient (Wildman–Crippen LogP) is 2.01. The SMILES string of the molecule is CC1CN(CCc2ccc(O)c(NC(N)=O)c2)CC1C. The van der Waals surface area contributed by atoms with Gasteiger partial charge in [0.2, 0.25) is 0 Å². The van der Waals surface area contributed by atoms with Crippen LogP contribution in [0.3, 0.4) is 0 Å². The first-order valence-corrected chi connectivity index (χ1v) is 7.06. The zero-order valence-corrected chi connectivity index (χ0v) is 12.1. The van der Waals surface area contributed by atoms with E-state index in [1.807, 2.05) is 6.07 Å². The van der Waals surface area contributed by atoms with Crippen LogP contribution in [0, 0.1) is 11.8 Å². The highest BCUT2D eigenvalue weighted by atomic mass is 16.3. The van der Waals surface area contributed by atoms with Gasteiger partial charge in [0, 0.05) is 19.6 Å². The van der Waals surface area contributed by atoms with Crippen molar-refractivity contribution in [2.75, 3.05) is 25.0 Å². The molecule has 4 N–H and O–H groups in total. The lowest BCUT2D eigenvalue weighted by molar-refractivity contribution is 0.259. The van der Waals surface area contributed by atoms with Gasteiger partial charge >= 0.3 is 6.03 Å². The summed E-state index contributed by atoms with van der Waals surface area (Å²) < 4.78 is 0. The van der Waals surface area contributed by atoms with Gasteiger partial charge in [-0.25, -0.2) is 4.79 Å². The number of nitrogens with zero attached hydrogens (tertiary/aromatic N) is 1. The molecule has 1 saturated heterocycles. The maximum absolute atomic E-state index is 10.9. The van der Waals surface area contributed by atoms with E-state index >= 15 is 0 Å². The van der Waals surface area contributed by atoms with Crippen LogP contribution < -0.4 is 11.1 Å². The fourth-order valence-electron chi connectivity index (χ4n) is 2.69. The highest BCUT2D eigenvalue weighted by molar-refractivity contribution is 5.89. The molecule has 1 aliphatic heterocycles. The minimum Gasteiger partial charge on any atom is -0.506 e. The van der Waals surface area contributed by atoms with Crippen LogP contribution in [-0.2, 0) is 6.42 Å². The second-order valence-corrected chi connectivity index (χ2v) is 5.80. The standard InChI is InChI=1S/C15H23N3O2/c1-10-8-18(9-11(10)2)6-5-12-3-4-14(19)13(7-12)17-15(16)20/h3-4,7,10-11,19H,5-6,8-9H2,1-2H3,(H3,16,17,20). The van der Waals surface area contributed by atoms with E-state index in [1.54, 1.807) is 12.1 Å². The molecule has 0 aromatic heterocycles. The van der Waals surface area contributed by atoms with E-state index in [-0.39, 0.29) is 5.75 Å². The van der Waals surface area contributed by atoms with Gasteiger partial charge in [-0.15, -0.1) is 0 Å². The minimum atomic E-state index is -0.667. The topological polar surface area (TPSA) is 78.6 Å². The van der Waals surface area contributed by atoms with E-state index in [0.717, 1.165) is 43.5 Å². The summed E-state index contributed by atoms with van der Waals surface area (Å²) in [6.07, 6.45) is 0.896. The number of carbonyl (C=O) groups excluding carboxylic acids is 1. The Balaban J connectivity index is 1.94. The smallest absolute Gasteiger partial charge is 0.316 e. The number of phenolic OH excluding ortho intramolecular Hbond substituents is 1. The summed E-state index contributed by atoms with van der Waals surface area (Å²) in [5, 5.41) is 12.1. The van der Waals surface area contributed by atoms with E-state index < -0.39 is 6.03 Å². The lowest BCUT2D eigenvalue weighted by Crippen LogP contribution is -2.23. The Kier molecular flexibility index (Phi) is 4.49. The van der Waals surface area contributed by atoms with Crippen LogP contribution in [0.5, 0.6) is 5.75 Å². The largest absolute Gasteiger partial charge is 0.506 e. The summed E-state index contributed by atoms with van der Waals surface area (Å²) in [5.74, 6) is 1.54. The van der Waals surface area contributed by atoms with E-state index in [1.165, 1.54) is 0 Å². The van der Waals surface area contributed by atoms with Crippen molar-refractivity contribution in [2.45, 2.75) is 20.3 Å². The van der Waals surface area contributed by atoms with Crippen LogP contribution in [0.25, 0.3) is 0 Å². The number of rotatable bonds is 4. The molecule has 0 radical (unpaired) electrons. The highest BCUT2D eigenvalue weighted by Gasteiger charge is 2.25. The van der Waals surface area contributed by atoms with Crippen molar-refractivity contribution in [1.29, 1.82) is 0 Å². The molecule has 5 nitrogen and oxygen atoms in total. The number of amides is 2. The average molecular weight is 277 g/mol. The van der Waals surface area contributed by atoms with Gasteiger partial charge in [0.25, 0.3) is 0 Å². The summed E-state index contributed by atoms with van der Waals surface area (Å²) in [6, 6.07) is 4.59. The zero-order chi connectivity index (χ0) is 14.7. The number of likely N-dealkylation sites (tertiary alicyclic amines) is 1. The number of aromatic hydroxyl groups is 1. The molecule has 110 valence electrons. The van der Waals surface area contributed by atoms with Crippen molar-refractivity contribution in [1.82, 2.24) is 4.90 Å². The van der Waals surface area contributed by atoms with Gasteiger partial charge in [-0.05, 0) is 36.0 Å². The quantitative estimate of drug-likeness (QED) is 0.737. The maximum Gasteiger partial charge on any atom is 0.316 e. The number of hydrogen-bond donors (Lipinski definition) is 3. The number of urea groups is 1. The number of anilines is 1. The molecule has 0 bridgehead atoms. The van der Waals surface area contributed by atoms with E-state index in [4.69, 9.17) is 5.73 Å². The van der Waals surface area contributed by atoms with Crippen molar-refractivity contribution in [3.05, 3.63) is 23.8 Å². The Labute approximate surface area is 119 Å². The van der Waals surface area contributed by atoms with E-state index in [0.29, 0.717) is 5.69 Å². The first kappa shape index (κ1) is 14.7. The lowest BCUT2D eigenvalue weighted by atomic mass is 10.0. The molecular formula is C15H23N3O2. The number of phenols is 1. The molecule has 1 fully saturated rings. The van der Waals surface area contributed by atoms with Crippen molar-refractivity contribution < 1.29 is 9.90 Å². The van der Waals surface area contributed by atoms with Gasteiger partial charge in [-0.1, -0.05) is 19.9 Å². The number of carbonyl (C=O) groups is 1. The lowest BCUT2D eigenvalue weighted by Gasteiger charge is -2.15. The molecule has 2 rings (SSSR count). The van der Waals surface area contributed by atoms with Gasteiger partial charge in [-0.3, -0.25) is 0 Å². The molecule has 5 heteroatoms. The average Bonchev–Trinajstić information content (AvgIpc) is 2.69. The molecule has 20 heavy (non-hydrogen) atoms. The van der Waals surface area contributed by atoms with Crippen LogP contribution in [0.2, 0.25) is 0 Å². The molecule has 2 atom stereocenters. The summed E-state index contributed by atoms with van der Waals surface area (Å²) in [7, 11) is 0. The molecule has 2 amide bonds. The molecule has 1 aromatic carbocycles. The Morgan fingerprint density at radius 3 is 2.65 bits per heavy atom. The van der Waals surface area contributed by atoms with Crippen LogP contribution in [0.15, 0.2) is 18.2 Å². The molecule has 2 unspecified atom stereocenters. The van der Waals surface area contributed by atoms with E-state index in [2.05, 4.69) is 24.1 Å². The van der Waals surface area contributed by atoms with Crippen LogP contribution in [0.1, 0.15) is 19.4 Å². The molecule has 0 aliphatic carbocycles. The van der Waals surface area contributed by atoms with Crippen molar-refractivity contribution in [2.24, 2.45) is 17.6 Å². The number of benzene rings is 1. The second-order valence-electron chi connectivity index (χ2n) is 5.80. The fraction of sp³-hybridized carbons (Fsp3) is 0.533. The summed E-state index contributed by atoms with van der Waals surface area (Å²) >= 11 is 0. The molecule has 1 heterocycles. The molecule has 1 aliphatic rings. The molecule has 0 spiro atoms. The third-order valence-electron chi connectivity index (χ3n) is 4.10. The monoisotopic (exact) mass is 277 g/mol. The third-order valence-corrected chi connectivity index (χ3v) is 4.10. The Morgan fingerprint density at radius 1 is 1.40 bits per heavy atom. The van der Waals surface area contributed by atoms with Crippen LogP contribution >= 0.6 is 0 Å². The fourth-order valence-corrected chi connectivity index (χ4v) is 2.69. The second kappa shape index (κ2) is 6.13. The van der Waals surface area contributed by atoms with E-state index in [9.17, 15) is 9.90 Å². The Hall–Kier alpha value is -1.75. The number of nitrogens with one attached hydrogen (secondary N) is 1. The maximum atomic E-state index is 10.9. The normalized spacial score (nSPS) is 22.9. The number of hydrogen-bond acceptors (Lipinski definition) is 3. The molecule has 1 aromatic rings. The van der Waals surface area contributed by atoms with Crippen molar-refractivity contribution in [3.63, 3.8) is 0 Å². The summed E-state index contributed by atoms with van der Waals surface area (Å²) in [4.78, 5) is 13.3. The first-order valence-electron chi connectivity index (χ1n) is 7.06. The van der Waals surface area contributed by atoms with Gasteiger partial charge < -0.3 is 21.1 Å². The zero-order valence-electron chi connectivity index (χ0n) is 12.1. The van der Waals surface area contributed by atoms with Gasteiger partial charge in [-0.2, -0.15) is 0 Å². The minimum absolute atomic E-state index is 0.0379. The summed E-state index contributed by atoms with van der Waals surface area (Å²) in [5.41, 5.74) is 6.53. The molecule has 0 saturated carbocycles. The summed E-state index contributed by atoms with van der Waals surface area (Å²) in [6.45, 7) is 7.87. The van der Waals surface area contributed by atoms with Crippen LogP contribution in [-0.4, -0.2) is 35.7 Å². The number of primary amides is 1.